The SMILES string of the molecule is CC1Cc2cc(S(N)(=O)=O)cc(C(=O)NC3CCN(Cc4ccccc4)C3)c2O1. The van der Waals surface area contributed by atoms with E-state index in [4.69, 9.17) is 9.88 Å². The molecule has 1 amide bonds. The number of hydrogen-bond donors (Lipinski definition) is 2. The summed E-state index contributed by atoms with van der Waals surface area (Å²) in [5, 5.41) is 8.34. The molecule has 2 heterocycles. The maximum absolute atomic E-state index is 13.0. The molecule has 4 rings (SSSR count). The van der Waals surface area contributed by atoms with Gasteiger partial charge in [-0.1, -0.05) is 30.3 Å². The third-order valence-electron chi connectivity index (χ3n) is 5.40. The molecule has 7 nitrogen and oxygen atoms in total. The van der Waals surface area contributed by atoms with Crippen molar-refractivity contribution in [1.82, 2.24) is 10.2 Å². The standard InChI is InChI=1S/C21H25N3O4S/c1-14-9-16-10-18(29(22,26)27)11-19(20(16)28-14)21(25)23-17-7-8-24(13-17)12-15-5-3-2-4-6-15/h2-6,10-11,14,17H,7-9,12-13H2,1H3,(H,23,25)(H2,22,26,27). The fourth-order valence-corrected chi connectivity index (χ4v) is 4.62. The van der Waals surface area contributed by atoms with Crippen LogP contribution in [-0.2, 0) is 23.0 Å². The first-order valence-corrected chi connectivity index (χ1v) is 11.3. The lowest BCUT2D eigenvalue weighted by molar-refractivity contribution is 0.0932. The van der Waals surface area contributed by atoms with Gasteiger partial charge in [-0.2, -0.15) is 0 Å². The fraction of sp³-hybridized carbons (Fsp3) is 0.381. The van der Waals surface area contributed by atoms with Crippen LogP contribution in [0.5, 0.6) is 5.75 Å². The zero-order valence-corrected chi connectivity index (χ0v) is 17.1. The first-order chi connectivity index (χ1) is 13.8. The first-order valence-electron chi connectivity index (χ1n) is 9.73. The van der Waals surface area contributed by atoms with E-state index in [1.807, 2.05) is 25.1 Å². The van der Waals surface area contributed by atoms with Crippen LogP contribution >= 0.6 is 0 Å². The Bertz CT molecular complexity index is 1020. The Morgan fingerprint density at radius 1 is 1.28 bits per heavy atom. The molecule has 154 valence electrons. The average molecular weight is 416 g/mol. The maximum Gasteiger partial charge on any atom is 0.255 e. The maximum atomic E-state index is 13.0. The van der Waals surface area contributed by atoms with Gasteiger partial charge in [0.2, 0.25) is 10.0 Å². The van der Waals surface area contributed by atoms with E-state index in [1.54, 1.807) is 0 Å². The largest absolute Gasteiger partial charge is 0.489 e. The molecule has 0 spiro atoms. The van der Waals surface area contributed by atoms with Gasteiger partial charge in [-0.25, -0.2) is 13.6 Å². The predicted molar refractivity (Wildman–Crippen MR) is 109 cm³/mol. The Morgan fingerprint density at radius 2 is 2.03 bits per heavy atom. The highest BCUT2D eigenvalue weighted by Crippen LogP contribution is 2.35. The molecule has 0 aliphatic carbocycles. The average Bonchev–Trinajstić information content (AvgIpc) is 3.26. The van der Waals surface area contributed by atoms with Gasteiger partial charge in [0.1, 0.15) is 11.9 Å². The quantitative estimate of drug-likeness (QED) is 0.773. The van der Waals surface area contributed by atoms with Gasteiger partial charge in [0.25, 0.3) is 5.91 Å². The first kappa shape index (κ1) is 19.9. The molecule has 29 heavy (non-hydrogen) atoms. The molecule has 2 unspecified atom stereocenters. The van der Waals surface area contributed by atoms with E-state index in [2.05, 4.69) is 22.3 Å². The number of fused-ring (bicyclic) bond motifs is 1. The molecule has 1 fully saturated rings. The van der Waals surface area contributed by atoms with Gasteiger partial charge < -0.3 is 10.1 Å². The van der Waals surface area contributed by atoms with Crippen LogP contribution in [0.4, 0.5) is 0 Å². The van der Waals surface area contributed by atoms with E-state index in [1.165, 1.54) is 17.7 Å². The van der Waals surface area contributed by atoms with Gasteiger partial charge >= 0.3 is 0 Å². The number of carbonyl (C=O) groups is 1. The third-order valence-corrected chi connectivity index (χ3v) is 6.29. The van der Waals surface area contributed by atoms with E-state index in [0.29, 0.717) is 17.7 Å². The number of hydrogen-bond acceptors (Lipinski definition) is 5. The van der Waals surface area contributed by atoms with Crippen LogP contribution in [0.1, 0.15) is 34.8 Å². The van der Waals surface area contributed by atoms with E-state index >= 15 is 0 Å². The second kappa shape index (κ2) is 7.78. The van der Waals surface area contributed by atoms with E-state index < -0.39 is 10.0 Å². The zero-order chi connectivity index (χ0) is 20.6. The molecular formula is C21H25N3O4S. The summed E-state index contributed by atoms with van der Waals surface area (Å²) in [6.45, 7) is 4.36. The number of nitrogens with zero attached hydrogens (tertiary/aromatic N) is 1. The van der Waals surface area contributed by atoms with Crippen molar-refractivity contribution < 1.29 is 17.9 Å². The molecule has 0 bridgehead atoms. The van der Waals surface area contributed by atoms with Crippen molar-refractivity contribution in [1.29, 1.82) is 0 Å². The number of benzene rings is 2. The third kappa shape index (κ3) is 4.44. The lowest BCUT2D eigenvalue weighted by Gasteiger charge is -2.18. The lowest BCUT2D eigenvalue weighted by atomic mass is 10.1. The van der Waals surface area contributed by atoms with Crippen LogP contribution in [0, 0.1) is 0 Å². The number of nitrogens with two attached hydrogens (primary N) is 1. The number of ether oxygens (including phenoxy) is 1. The molecule has 0 saturated carbocycles. The number of likely N-dealkylation sites (tertiary alicyclic amines) is 1. The van der Waals surface area contributed by atoms with Gasteiger partial charge in [-0.15, -0.1) is 0 Å². The van der Waals surface area contributed by atoms with Crippen molar-refractivity contribution in [2.75, 3.05) is 13.1 Å². The van der Waals surface area contributed by atoms with Crippen LogP contribution in [0.25, 0.3) is 0 Å². The molecule has 1 saturated heterocycles. The highest BCUT2D eigenvalue weighted by Gasteiger charge is 2.30. The number of nitrogens with one attached hydrogen (secondary N) is 1. The van der Waals surface area contributed by atoms with Crippen molar-refractivity contribution in [3.8, 4) is 5.75 Å². The summed E-state index contributed by atoms with van der Waals surface area (Å²) in [5.74, 6) is 0.133. The van der Waals surface area contributed by atoms with Crippen molar-refractivity contribution in [2.24, 2.45) is 5.14 Å². The number of rotatable bonds is 5. The Labute approximate surface area is 170 Å². The van der Waals surface area contributed by atoms with Crippen molar-refractivity contribution in [2.45, 2.75) is 43.4 Å². The monoisotopic (exact) mass is 415 g/mol. The van der Waals surface area contributed by atoms with E-state index in [0.717, 1.165) is 26.1 Å². The molecule has 2 atom stereocenters. The Kier molecular flexibility index (Phi) is 5.33. The molecule has 3 N–H and O–H groups in total. The minimum atomic E-state index is -3.91. The van der Waals surface area contributed by atoms with Gasteiger partial charge in [0.05, 0.1) is 10.5 Å². The number of sulfonamides is 1. The molecular weight excluding hydrogens is 390 g/mol. The molecule has 0 radical (unpaired) electrons. The summed E-state index contributed by atoms with van der Waals surface area (Å²) in [6.07, 6.45) is 1.28. The van der Waals surface area contributed by atoms with Crippen LogP contribution in [0.3, 0.4) is 0 Å². The molecule has 0 aromatic heterocycles. The van der Waals surface area contributed by atoms with Crippen molar-refractivity contribution in [3.63, 3.8) is 0 Å². The summed E-state index contributed by atoms with van der Waals surface area (Å²) >= 11 is 0. The highest BCUT2D eigenvalue weighted by atomic mass is 32.2. The summed E-state index contributed by atoms with van der Waals surface area (Å²) in [6, 6.07) is 13.0. The summed E-state index contributed by atoms with van der Waals surface area (Å²) in [7, 11) is -3.91. The summed E-state index contributed by atoms with van der Waals surface area (Å²) in [4.78, 5) is 15.2. The fourth-order valence-electron chi connectivity index (χ4n) is 4.03. The Balaban J connectivity index is 1.48. The minimum absolute atomic E-state index is 0.00108. The zero-order valence-electron chi connectivity index (χ0n) is 16.3. The molecule has 8 heteroatoms. The predicted octanol–water partition coefficient (Wildman–Crippen LogP) is 1.66. The molecule has 2 aliphatic heterocycles. The number of primary sulfonamides is 1. The van der Waals surface area contributed by atoms with Gasteiger partial charge in [0.15, 0.2) is 0 Å². The van der Waals surface area contributed by atoms with Gasteiger partial charge in [-0.3, -0.25) is 9.69 Å². The van der Waals surface area contributed by atoms with Crippen LogP contribution in [-0.4, -0.2) is 44.5 Å². The van der Waals surface area contributed by atoms with Gasteiger partial charge in [0, 0.05) is 32.1 Å². The molecule has 2 aromatic rings. The topological polar surface area (TPSA) is 102 Å². The van der Waals surface area contributed by atoms with Crippen molar-refractivity contribution >= 4 is 15.9 Å². The second-order valence-corrected chi connectivity index (χ2v) is 9.38. The smallest absolute Gasteiger partial charge is 0.255 e. The lowest BCUT2D eigenvalue weighted by Crippen LogP contribution is -2.37. The van der Waals surface area contributed by atoms with Crippen molar-refractivity contribution in [3.05, 3.63) is 59.2 Å². The normalized spacial score (nSPS) is 21.6. The van der Waals surface area contributed by atoms with Crippen LogP contribution in [0.15, 0.2) is 47.4 Å². The summed E-state index contributed by atoms with van der Waals surface area (Å²) < 4.78 is 29.5. The van der Waals surface area contributed by atoms with Gasteiger partial charge in [-0.05, 0) is 36.6 Å². The number of carbonyl (C=O) groups excluding carboxylic acids is 1. The Hall–Kier alpha value is -2.42. The second-order valence-electron chi connectivity index (χ2n) is 7.82. The van der Waals surface area contributed by atoms with E-state index in [-0.39, 0.29) is 28.5 Å². The summed E-state index contributed by atoms with van der Waals surface area (Å²) in [5.41, 5.74) is 2.17. The van der Waals surface area contributed by atoms with Crippen LogP contribution in [0.2, 0.25) is 0 Å². The molecule has 2 aromatic carbocycles. The molecule has 2 aliphatic rings. The Morgan fingerprint density at radius 3 is 2.76 bits per heavy atom. The number of amides is 1. The van der Waals surface area contributed by atoms with Crippen LogP contribution < -0.4 is 15.2 Å². The van der Waals surface area contributed by atoms with E-state index in [9.17, 15) is 13.2 Å². The minimum Gasteiger partial charge on any atom is -0.489 e. The highest BCUT2D eigenvalue weighted by molar-refractivity contribution is 7.89.